The Balaban J connectivity index is 2.09. The van der Waals surface area contributed by atoms with Crippen LogP contribution in [0.15, 0.2) is 22.7 Å². The first kappa shape index (κ1) is 14.4. The van der Waals surface area contributed by atoms with Crippen LogP contribution in [-0.2, 0) is 0 Å². The summed E-state index contributed by atoms with van der Waals surface area (Å²) < 4.78 is 0.862. The Labute approximate surface area is 129 Å². The van der Waals surface area contributed by atoms with E-state index in [1.165, 1.54) is 12.8 Å². The Morgan fingerprint density at radius 1 is 1.44 bits per heavy atom. The summed E-state index contributed by atoms with van der Waals surface area (Å²) in [6.45, 7) is 0. The SMILES string of the molecule is O=C(NC1CCCC1CBr)c1cc(Br)ccc1Cl. The topological polar surface area (TPSA) is 29.1 Å². The fourth-order valence-electron chi connectivity index (χ4n) is 2.33. The molecule has 1 saturated carbocycles. The predicted molar refractivity (Wildman–Crippen MR) is 81.5 cm³/mol. The molecule has 1 amide bonds. The molecular formula is C13H14Br2ClNO. The molecule has 2 nitrogen and oxygen atoms in total. The standard InChI is InChI=1S/C13H14Br2ClNO/c14-7-8-2-1-3-12(8)17-13(18)10-6-9(15)4-5-11(10)16/h4-6,8,12H,1-3,7H2,(H,17,18). The minimum absolute atomic E-state index is 0.0841. The molecule has 0 heterocycles. The van der Waals surface area contributed by atoms with Gasteiger partial charge < -0.3 is 5.32 Å². The first-order valence-corrected chi connectivity index (χ1v) is 8.23. The molecule has 1 aliphatic rings. The lowest BCUT2D eigenvalue weighted by atomic mass is 10.1. The van der Waals surface area contributed by atoms with E-state index >= 15 is 0 Å². The van der Waals surface area contributed by atoms with Gasteiger partial charge in [0.15, 0.2) is 0 Å². The zero-order valence-electron chi connectivity index (χ0n) is 9.76. The van der Waals surface area contributed by atoms with Crippen molar-refractivity contribution in [3.05, 3.63) is 33.3 Å². The average Bonchev–Trinajstić information content (AvgIpc) is 2.79. The summed E-state index contributed by atoms with van der Waals surface area (Å²) in [5.74, 6) is 0.444. The highest BCUT2D eigenvalue weighted by molar-refractivity contribution is 9.10. The molecule has 0 bridgehead atoms. The average molecular weight is 396 g/mol. The smallest absolute Gasteiger partial charge is 0.253 e. The Bertz CT molecular complexity index is 453. The van der Waals surface area contributed by atoms with Crippen molar-refractivity contribution in [2.45, 2.75) is 25.3 Å². The van der Waals surface area contributed by atoms with Crippen molar-refractivity contribution in [1.29, 1.82) is 0 Å². The number of nitrogens with one attached hydrogen (secondary N) is 1. The van der Waals surface area contributed by atoms with Gasteiger partial charge in [0.05, 0.1) is 10.6 Å². The second-order valence-corrected chi connectivity index (χ2v) is 6.52. The van der Waals surface area contributed by atoms with Crippen molar-refractivity contribution in [3.63, 3.8) is 0 Å². The molecule has 5 heteroatoms. The van der Waals surface area contributed by atoms with Crippen LogP contribution in [0.5, 0.6) is 0 Å². The normalized spacial score (nSPS) is 23.1. The predicted octanol–water partition coefficient (Wildman–Crippen LogP) is 4.40. The molecule has 1 fully saturated rings. The van der Waals surface area contributed by atoms with E-state index in [1.807, 2.05) is 6.07 Å². The summed E-state index contributed by atoms with van der Waals surface area (Å²) in [6.07, 6.45) is 3.39. The van der Waals surface area contributed by atoms with Crippen LogP contribution in [0.2, 0.25) is 5.02 Å². The molecule has 0 spiro atoms. The van der Waals surface area contributed by atoms with Crippen molar-refractivity contribution in [2.75, 3.05) is 5.33 Å². The molecule has 98 valence electrons. The molecule has 1 aromatic carbocycles. The van der Waals surface area contributed by atoms with Crippen LogP contribution in [0.3, 0.4) is 0 Å². The highest BCUT2D eigenvalue weighted by Crippen LogP contribution is 2.28. The number of rotatable bonds is 3. The summed E-state index contributed by atoms with van der Waals surface area (Å²) in [4.78, 5) is 12.2. The molecule has 0 radical (unpaired) electrons. The van der Waals surface area contributed by atoms with Crippen LogP contribution in [0, 0.1) is 5.92 Å². The Morgan fingerprint density at radius 2 is 2.22 bits per heavy atom. The first-order chi connectivity index (χ1) is 8.61. The quantitative estimate of drug-likeness (QED) is 0.756. The molecule has 2 rings (SSSR count). The second-order valence-electron chi connectivity index (χ2n) is 4.55. The monoisotopic (exact) mass is 393 g/mol. The fourth-order valence-corrected chi connectivity index (χ4v) is 3.67. The van der Waals surface area contributed by atoms with Crippen molar-refractivity contribution >= 4 is 49.4 Å². The number of alkyl halides is 1. The number of carbonyl (C=O) groups is 1. The van der Waals surface area contributed by atoms with Crippen LogP contribution in [-0.4, -0.2) is 17.3 Å². The van der Waals surface area contributed by atoms with Crippen molar-refractivity contribution in [3.8, 4) is 0 Å². The van der Waals surface area contributed by atoms with Crippen molar-refractivity contribution in [1.82, 2.24) is 5.32 Å². The molecule has 1 N–H and O–H groups in total. The lowest BCUT2D eigenvalue weighted by Crippen LogP contribution is -2.38. The van der Waals surface area contributed by atoms with Gasteiger partial charge >= 0.3 is 0 Å². The van der Waals surface area contributed by atoms with E-state index in [-0.39, 0.29) is 11.9 Å². The van der Waals surface area contributed by atoms with Crippen molar-refractivity contribution in [2.24, 2.45) is 5.92 Å². The highest BCUT2D eigenvalue weighted by atomic mass is 79.9. The van der Waals surface area contributed by atoms with Crippen molar-refractivity contribution < 1.29 is 4.79 Å². The van der Waals surface area contributed by atoms with Crippen LogP contribution in [0.1, 0.15) is 29.6 Å². The minimum Gasteiger partial charge on any atom is -0.349 e. The van der Waals surface area contributed by atoms with Crippen LogP contribution in [0.4, 0.5) is 0 Å². The lowest BCUT2D eigenvalue weighted by Gasteiger charge is -2.19. The number of amides is 1. The summed E-state index contributed by atoms with van der Waals surface area (Å²) in [5.41, 5.74) is 0.534. The summed E-state index contributed by atoms with van der Waals surface area (Å²) >= 11 is 12.9. The van der Waals surface area contributed by atoms with E-state index in [2.05, 4.69) is 37.2 Å². The number of hydrogen-bond donors (Lipinski definition) is 1. The number of benzene rings is 1. The third kappa shape index (κ3) is 3.28. The van der Waals surface area contributed by atoms with E-state index in [0.29, 0.717) is 16.5 Å². The third-order valence-electron chi connectivity index (χ3n) is 3.35. The Hall–Kier alpha value is -0.0600. The molecule has 2 atom stereocenters. The van der Waals surface area contributed by atoms with E-state index < -0.39 is 0 Å². The van der Waals surface area contributed by atoms with Gasteiger partial charge in [-0.2, -0.15) is 0 Å². The van der Waals surface area contributed by atoms with Gasteiger partial charge in [0.2, 0.25) is 0 Å². The van der Waals surface area contributed by atoms with E-state index in [0.717, 1.165) is 16.2 Å². The maximum Gasteiger partial charge on any atom is 0.253 e. The van der Waals surface area contributed by atoms with Crippen LogP contribution >= 0.6 is 43.5 Å². The van der Waals surface area contributed by atoms with E-state index in [9.17, 15) is 4.79 Å². The largest absolute Gasteiger partial charge is 0.349 e. The number of hydrogen-bond acceptors (Lipinski definition) is 1. The van der Waals surface area contributed by atoms with Gasteiger partial charge in [-0.15, -0.1) is 0 Å². The Morgan fingerprint density at radius 3 is 2.94 bits per heavy atom. The van der Waals surface area contributed by atoms with Gasteiger partial charge in [0.25, 0.3) is 5.91 Å². The molecule has 0 aromatic heterocycles. The molecule has 18 heavy (non-hydrogen) atoms. The summed E-state index contributed by atoms with van der Waals surface area (Å²) in [6, 6.07) is 5.58. The van der Waals surface area contributed by atoms with Gasteiger partial charge in [0.1, 0.15) is 0 Å². The summed E-state index contributed by atoms with van der Waals surface area (Å²) in [5, 5.41) is 4.51. The minimum atomic E-state index is -0.0841. The lowest BCUT2D eigenvalue weighted by molar-refractivity contribution is 0.0930. The number of carbonyl (C=O) groups excluding carboxylic acids is 1. The van der Waals surface area contributed by atoms with Crippen LogP contribution in [0.25, 0.3) is 0 Å². The van der Waals surface area contributed by atoms with Gasteiger partial charge in [-0.3, -0.25) is 4.79 Å². The fraction of sp³-hybridized carbons (Fsp3) is 0.462. The van der Waals surface area contributed by atoms with Gasteiger partial charge in [-0.05, 0) is 37.0 Å². The zero-order chi connectivity index (χ0) is 13.1. The third-order valence-corrected chi connectivity index (χ3v) is 5.00. The summed E-state index contributed by atoms with van der Waals surface area (Å²) in [7, 11) is 0. The van der Waals surface area contributed by atoms with Gasteiger partial charge in [-0.1, -0.05) is 49.9 Å². The number of halogens is 3. The molecule has 1 aromatic rings. The maximum atomic E-state index is 12.2. The molecule has 2 unspecified atom stereocenters. The molecule has 0 saturated heterocycles. The van der Waals surface area contributed by atoms with Gasteiger partial charge in [-0.25, -0.2) is 0 Å². The highest BCUT2D eigenvalue weighted by Gasteiger charge is 2.28. The molecule has 0 aliphatic heterocycles. The zero-order valence-corrected chi connectivity index (χ0v) is 13.7. The Kier molecular flexibility index (Phi) is 5.10. The second kappa shape index (κ2) is 6.40. The van der Waals surface area contributed by atoms with Gasteiger partial charge in [0, 0.05) is 15.8 Å². The maximum absolute atomic E-state index is 12.2. The van der Waals surface area contributed by atoms with E-state index in [4.69, 9.17) is 11.6 Å². The van der Waals surface area contributed by atoms with E-state index in [1.54, 1.807) is 12.1 Å². The molecular weight excluding hydrogens is 381 g/mol. The van der Waals surface area contributed by atoms with Crippen LogP contribution < -0.4 is 5.32 Å². The molecule has 1 aliphatic carbocycles. The first-order valence-electron chi connectivity index (χ1n) is 5.93.